The third-order valence-electron chi connectivity index (χ3n) is 4.70. The van der Waals surface area contributed by atoms with Gasteiger partial charge in [0.1, 0.15) is 5.60 Å². The van der Waals surface area contributed by atoms with Gasteiger partial charge >= 0.3 is 11.9 Å². The van der Waals surface area contributed by atoms with E-state index in [9.17, 15) is 18.7 Å². The molecule has 2 N–H and O–H groups in total. The average molecular weight is 291 g/mol. The zero-order valence-electron chi connectivity index (χ0n) is 11.8. The van der Waals surface area contributed by atoms with E-state index in [1.165, 1.54) is 6.92 Å². The second kappa shape index (κ2) is 5.93. The van der Waals surface area contributed by atoms with E-state index in [2.05, 4.69) is 10.1 Å². The van der Waals surface area contributed by atoms with Crippen LogP contribution in [0.1, 0.15) is 39.0 Å². The molecule has 4 nitrogen and oxygen atoms in total. The van der Waals surface area contributed by atoms with Crippen LogP contribution in [-0.4, -0.2) is 42.3 Å². The minimum Gasteiger partial charge on any atom is -0.461 e. The SMILES string of the molecule is CCOC(=O)C(F)(F)C1(O)CCNCC1C1CCCC1. The Labute approximate surface area is 117 Å². The highest BCUT2D eigenvalue weighted by atomic mass is 19.3. The quantitative estimate of drug-likeness (QED) is 0.774. The summed E-state index contributed by atoms with van der Waals surface area (Å²) in [7, 11) is 0. The third-order valence-corrected chi connectivity index (χ3v) is 4.70. The van der Waals surface area contributed by atoms with Gasteiger partial charge in [0, 0.05) is 12.5 Å². The molecular weight excluding hydrogens is 268 g/mol. The number of halogens is 2. The third kappa shape index (κ3) is 2.55. The minimum absolute atomic E-state index is 0.0492. The maximum absolute atomic E-state index is 14.4. The molecule has 6 heteroatoms. The van der Waals surface area contributed by atoms with Gasteiger partial charge in [-0.05, 0) is 25.8 Å². The molecule has 20 heavy (non-hydrogen) atoms. The zero-order valence-corrected chi connectivity index (χ0v) is 11.8. The molecule has 2 unspecified atom stereocenters. The van der Waals surface area contributed by atoms with Crippen molar-refractivity contribution >= 4 is 5.97 Å². The number of hydrogen-bond acceptors (Lipinski definition) is 4. The number of piperidine rings is 1. The Kier molecular flexibility index (Phi) is 4.64. The molecule has 1 saturated heterocycles. The molecular formula is C14H23F2NO3. The van der Waals surface area contributed by atoms with Crippen LogP contribution in [0.5, 0.6) is 0 Å². The van der Waals surface area contributed by atoms with Crippen molar-refractivity contribution in [1.29, 1.82) is 0 Å². The van der Waals surface area contributed by atoms with Gasteiger partial charge in [0.25, 0.3) is 0 Å². The molecule has 0 amide bonds. The molecule has 2 atom stereocenters. The number of esters is 1. The van der Waals surface area contributed by atoms with Gasteiger partial charge in [-0.2, -0.15) is 8.78 Å². The fourth-order valence-corrected chi connectivity index (χ4v) is 3.60. The monoisotopic (exact) mass is 291 g/mol. The van der Waals surface area contributed by atoms with Crippen LogP contribution in [0.2, 0.25) is 0 Å². The highest BCUT2D eigenvalue weighted by Gasteiger charge is 2.64. The largest absolute Gasteiger partial charge is 0.461 e. The first-order chi connectivity index (χ1) is 9.43. The topological polar surface area (TPSA) is 58.6 Å². The van der Waals surface area contributed by atoms with E-state index in [0.717, 1.165) is 25.7 Å². The van der Waals surface area contributed by atoms with Crippen LogP contribution in [0, 0.1) is 11.8 Å². The van der Waals surface area contributed by atoms with Crippen LogP contribution in [0.4, 0.5) is 8.78 Å². The molecule has 2 fully saturated rings. The minimum atomic E-state index is -3.85. The molecule has 1 heterocycles. The molecule has 0 aromatic carbocycles. The Bertz CT molecular complexity index is 358. The van der Waals surface area contributed by atoms with Crippen molar-refractivity contribution in [3.05, 3.63) is 0 Å². The standard InChI is InChI=1S/C14H23F2NO3/c1-2-20-12(18)14(15,16)13(19)7-8-17-9-11(13)10-5-3-4-6-10/h10-11,17,19H,2-9H2,1H3. The number of carbonyl (C=O) groups is 1. The molecule has 1 aliphatic carbocycles. The van der Waals surface area contributed by atoms with Crippen LogP contribution in [0.15, 0.2) is 0 Å². The summed E-state index contributed by atoms with van der Waals surface area (Å²) in [4.78, 5) is 11.6. The number of carbonyl (C=O) groups excluding carboxylic acids is 1. The second-order valence-electron chi connectivity index (χ2n) is 5.82. The van der Waals surface area contributed by atoms with Crippen molar-refractivity contribution in [3.8, 4) is 0 Å². The van der Waals surface area contributed by atoms with Gasteiger partial charge < -0.3 is 15.2 Å². The molecule has 0 spiro atoms. The first kappa shape index (κ1) is 15.6. The number of rotatable bonds is 4. The van der Waals surface area contributed by atoms with Crippen molar-refractivity contribution in [2.24, 2.45) is 11.8 Å². The fourth-order valence-electron chi connectivity index (χ4n) is 3.60. The van der Waals surface area contributed by atoms with Crippen LogP contribution in [-0.2, 0) is 9.53 Å². The zero-order chi connectivity index (χ0) is 14.8. The number of hydrogen-bond donors (Lipinski definition) is 2. The highest BCUT2D eigenvalue weighted by Crippen LogP contribution is 2.47. The Morgan fingerprint density at radius 2 is 2.10 bits per heavy atom. The molecule has 116 valence electrons. The summed E-state index contributed by atoms with van der Waals surface area (Å²) < 4.78 is 33.3. The lowest BCUT2D eigenvalue weighted by atomic mass is 9.70. The molecule has 0 radical (unpaired) electrons. The van der Waals surface area contributed by atoms with Crippen molar-refractivity contribution < 1.29 is 23.4 Å². The molecule has 2 aliphatic rings. The number of ether oxygens (including phenoxy) is 1. The first-order valence-electron chi connectivity index (χ1n) is 7.41. The summed E-state index contributed by atoms with van der Waals surface area (Å²) in [5.74, 6) is -6.00. The summed E-state index contributed by atoms with van der Waals surface area (Å²) in [5, 5.41) is 13.7. The van der Waals surface area contributed by atoms with Crippen LogP contribution in [0.3, 0.4) is 0 Å². The normalized spacial score (nSPS) is 32.3. The molecule has 2 rings (SSSR count). The van der Waals surface area contributed by atoms with E-state index in [-0.39, 0.29) is 25.5 Å². The molecule has 1 aliphatic heterocycles. The van der Waals surface area contributed by atoms with Gasteiger partial charge in [0.2, 0.25) is 0 Å². The molecule has 0 aromatic heterocycles. The predicted molar refractivity (Wildman–Crippen MR) is 69.5 cm³/mol. The second-order valence-corrected chi connectivity index (χ2v) is 5.82. The van der Waals surface area contributed by atoms with E-state index in [1.54, 1.807) is 0 Å². The lowest BCUT2D eigenvalue weighted by Gasteiger charge is -2.46. The van der Waals surface area contributed by atoms with Crippen molar-refractivity contribution in [1.82, 2.24) is 5.32 Å². The predicted octanol–water partition coefficient (Wildman–Crippen LogP) is 1.72. The maximum atomic E-state index is 14.4. The van der Waals surface area contributed by atoms with E-state index in [1.807, 2.05) is 0 Å². The molecule has 0 aromatic rings. The van der Waals surface area contributed by atoms with Gasteiger partial charge in [-0.3, -0.25) is 0 Å². The van der Waals surface area contributed by atoms with Gasteiger partial charge in [-0.15, -0.1) is 0 Å². The lowest BCUT2D eigenvalue weighted by Crippen LogP contribution is -2.65. The van der Waals surface area contributed by atoms with Crippen LogP contribution < -0.4 is 5.32 Å². The summed E-state index contributed by atoms with van der Waals surface area (Å²) in [5.41, 5.74) is -2.29. The fraction of sp³-hybridized carbons (Fsp3) is 0.929. The molecule has 0 bridgehead atoms. The summed E-state index contributed by atoms with van der Waals surface area (Å²) >= 11 is 0. The highest BCUT2D eigenvalue weighted by molar-refractivity contribution is 5.79. The van der Waals surface area contributed by atoms with E-state index >= 15 is 0 Å². The van der Waals surface area contributed by atoms with Crippen molar-refractivity contribution in [2.75, 3.05) is 19.7 Å². The number of aliphatic hydroxyl groups is 1. The van der Waals surface area contributed by atoms with Gasteiger partial charge in [0.05, 0.1) is 6.61 Å². The van der Waals surface area contributed by atoms with Crippen molar-refractivity contribution in [3.63, 3.8) is 0 Å². The summed E-state index contributed by atoms with van der Waals surface area (Å²) in [6, 6.07) is 0. The van der Waals surface area contributed by atoms with Crippen LogP contribution >= 0.6 is 0 Å². The Morgan fingerprint density at radius 1 is 1.45 bits per heavy atom. The summed E-state index contributed by atoms with van der Waals surface area (Å²) in [6.45, 7) is 1.98. The Morgan fingerprint density at radius 3 is 2.70 bits per heavy atom. The smallest absolute Gasteiger partial charge is 0.380 e. The van der Waals surface area contributed by atoms with Crippen LogP contribution in [0.25, 0.3) is 0 Å². The van der Waals surface area contributed by atoms with Gasteiger partial charge in [0.15, 0.2) is 0 Å². The molecule has 1 saturated carbocycles. The summed E-state index contributed by atoms with van der Waals surface area (Å²) in [6.07, 6.45) is 3.56. The van der Waals surface area contributed by atoms with E-state index in [0.29, 0.717) is 6.54 Å². The van der Waals surface area contributed by atoms with Gasteiger partial charge in [-0.1, -0.05) is 25.7 Å². The average Bonchev–Trinajstić information content (AvgIpc) is 2.93. The Hall–Kier alpha value is -0.750. The van der Waals surface area contributed by atoms with E-state index in [4.69, 9.17) is 0 Å². The maximum Gasteiger partial charge on any atom is 0.380 e. The first-order valence-corrected chi connectivity index (χ1v) is 7.41. The number of alkyl halides is 2. The number of nitrogens with one attached hydrogen (secondary N) is 1. The van der Waals surface area contributed by atoms with E-state index < -0.39 is 23.4 Å². The van der Waals surface area contributed by atoms with Gasteiger partial charge in [-0.25, -0.2) is 4.79 Å². The Balaban J connectivity index is 2.24. The lowest BCUT2D eigenvalue weighted by molar-refractivity contribution is -0.238. The van der Waals surface area contributed by atoms with Crippen molar-refractivity contribution in [2.45, 2.75) is 50.6 Å².